The summed E-state index contributed by atoms with van der Waals surface area (Å²) in [6.45, 7) is 9.54. The topological polar surface area (TPSA) is 91.9 Å². The van der Waals surface area contributed by atoms with Crippen molar-refractivity contribution < 1.29 is 13.2 Å². The highest BCUT2D eigenvalue weighted by molar-refractivity contribution is 8.13. The van der Waals surface area contributed by atoms with Crippen LogP contribution in [0.1, 0.15) is 63.1 Å². The fraction of sp³-hybridized carbons (Fsp3) is 0.692. The van der Waals surface area contributed by atoms with Gasteiger partial charge < -0.3 is 5.32 Å². The third-order valence-corrected chi connectivity index (χ3v) is 4.35. The van der Waals surface area contributed by atoms with Crippen LogP contribution in [-0.2, 0) is 9.05 Å². The van der Waals surface area contributed by atoms with Crippen molar-refractivity contribution in [3.8, 4) is 0 Å². The molecule has 0 aliphatic heterocycles. The average molecular weight is 336 g/mol. The van der Waals surface area contributed by atoms with Crippen LogP contribution in [0.5, 0.6) is 0 Å². The van der Waals surface area contributed by atoms with Gasteiger partial charge in [-0.1, -0.05) is 27.7 Å². The molecule has 0 aliphatic rings. The van der Waals surface area contributed by atoms with E-state index in [1.165, 1.54) is 0 Å². The predicted octanol–water partition coefficient (Wildman–Crippen LogP) is 2.63. The number of halogens is 1. The van der Waals surface area contributed by atoms with Gasteiger partial charge in [0.25, 0.3) is 15.0 Å². The van der Waals surface area contributed by atoms with Crippen molar-refractivity contribution in [1.82, 2.24) is 15.5 Å². The molecule has 1 aromatic heterocycles. The van der Waals surface area contributed by atoms with E-state index in [4.69, 9.17) is 10.7 Å². The lowest BCUT2D eigenvalue weighted by Crippen LogP contribution is -2.34. The lowest BCUT2D eigenvalue weighted by Gasteiger charge is -2.15. The van der Waals surface area contributed by atoms with Crippen molar-refractivity contribution in [2.45, 2.75) is 57.9 Å². The van der Waals surface area contributed by atoms with Crippen molar-refractivity contribution >= 4 is 25.6 Å². The zero-order chi connectivity index (χ0) is 16.4. The van der Waals surface area contributed by atoms with E-state index in [1.807, 2.05) is 20.8 Å². The highest BCUT2D eigenvalue weighted by Crippen LogP contribution is 2.27. The molecule has 0 aliphatic carbocycles. The number of nitrogens with one attached hydrogen (secondary N) is 2. The monoisotopic (exact) mass is 335 g/mol. The summed E-state index contributed by atoms with van der Waals surface area (Å²) >= 11 is 0. The quantitative estimate of drug-likeness (QED) is 0.782. The first-order valence-corrected chi connectivity index (χ1v) is 9.18. The summed E-state index contributed by atoms with van der Waals surface area (Å²) < 4.78 is 23.5. The standard InChI is InChI=1S/C13H22ClN3O3S/c1-7(2)6-9(5)15-13(18)11-12(21(14,19)20)10(8(3)4)16-17-11/h7-9H,6H2,1-5H3,(H,15,18)(H,16,17). The maximum Gasteiger partial charge on any atom is 0.273 e. The number of amides is 1. The smallest absolute Gasteiger partial charge is 0.273 e. The van der Waals surface area contributed by atoms with Gasteiger partial charge in [0.1, 0.15) is 4.90 Å². The first-order valence-electron chi connectivity index (χ1n) is 6.87. The van der Waals surface area contributed by atoms with Gasteiger partial charge in [-0.3, -0.25) is 9.89 Å². The van der Waals surface area contributed by atoms with Gasteiger partial charge in [-0.2, -0.15) is 5.10 Å². The molecular formula is C13H22ClN3O3S. The van der Waals surface area contributed by atoms with E-state index in [0.717, 1.165) is 6.42 Å². The van der Waals surface area contributed by atoms with Gasteiger partial charge in [-0.15, -0.1) is 0 Å². The summed E-state index contributed by atoms with van der Waals surface area (Å²) in [7, 11) is 1.40. The second-order valence-corrected chi connectivity index (χ2v) is 8.41. The molecule has 1 amide bonds. The van der Waals surface area contributed by atoms with Crippen LogP contribution >= 0.6 is 10.7 Å². The van der Waals surface area contributed by atoms with Crippen LogP contribution in [0.15, 0.2) is 4.90 Å². The highest BCUT2D eigenvalue weighted by Gasteiger charge is 2.30. The molecule has 120 valence electrons. The fourth-order valence-corrected chi connectivity index (χ4v) is 3.58. The molecule has 0 radical (unpaired) electrons. The lowest BCUT2D eigenvalue weighted by molar-refractivity contribution is 0.0927. The van der Waals surface area contributed by atoms with E-state index in [0.29, 0.717) is 11.6 Å². The fourth-order valence-electron chi connectivity index (χ4n) is 2.20. The molecule has 1 aromatic rings. The van der Waals surface area contributed by atoms with Crippen LogP contribution in [0.25, 0.3) is 0 Å². The summed E-state index contributed by atoms with van der Waals surface area (Å²) in [6.07, 6.45) is 0.788. The minimum atomic E-state index is -4.05. The maximum absolute atomic E-state index is 12.2. The van der Waals surface area contributed by atoms with Crippen LogP contribution in [0.3, 0.4) is 0 Å². The Kier molecular flexibility index (Phi) is 5.81. The molecule has 0 saturated heterocycles. The molecule has 21 heavy (non-hydrogen) atoms. The number of carbonyl (C=O) groups excluding carboxylic acids is 1. The maximum atomic E-state index is 12.2. The summed E-state index contributed by atoms with van der Waals surface area (Å²) in [6, 6.07) is -0.0809. The van der Waals surface area contributed by atoms with Crippen LogP contribution in [0.4, 0.5) is 0 Å². The predicted molar refractivity (Wildman–Crippen MR) is 82.1 cm³/mol. The number of H-pyrrole nitrogens is 1. The van der Waals surface area contributed by atoms with Crippen LogP contribution in [-0.4, -0.2) is 30.6 Å². The van der Waals surface area contributed by atoms with Crippen LogP contribution < -0.4 is 5.32 Å². The van der Waals surface area contributed by atoms with Crippen molar-refractivity contribution in [1.29, 1.82) is 0 Å². The second-order valence-electron chi connectivity index (χ2n) is 5.91. The zero-order valence-corrected chi connectivity index (χ0v) is 14.5. The van der Waals surface area contributed by atoms with Gasteiger partial charge in [-0.05, 0) is 25.2 Å². The molecule has 1 heterocycles. The molecule has 6 nitrogen and oxygen atoms in total. The molecule has 0 bridgehead atoms. The van der Waals surface area contributed by atoms with Gasteiger partial charge in [0.2, 0.25) is 0 Å². The van der Waals surface area contributed by atoms with Crippen molar-refractivity contribution in [3.63, 3.8) is 0 Å². The van der Waals surface area contributed by atoms with Gasteiger partial charge in [0.05, 0.1) is 5.69 Å². The average Bonchev–Trinajstić information content (AvgIpc) is 2.71. The Morgan fingerprint density at radius 2 is 1.86 bits per heavy atom. The Morgan fingerprint density at radius 3 is 2.29 bits per heavy atom. The molecule has 0 fully saturated rings. The Labute approximate surface area is 130 Å². The summed E-state index contributed by atoms with van der Waals surface area (Å²) in [5.41, 5.74) is 0.163. The molecule has 0 saturated carbocycles. The summed E-state index contributed by atoms with van der Waals surface area (Å²) in [4.78, 5) is 12.0. The number of hydrogen-bond donors (Lipinski definition) is 2. The molecule has 2 N–H and O–H groups in total. The number of rotatable bonds is 6. The number of carbonyl (C=O) groups is 1. The van der Waals surface area contributed by atoms with E-state index < -0.39 is 15.0 Å². The van der Waals surface area contributed by atoms with Crippen molar-refractivity contribution in [2.24, 2.45) is 5.92 Å². The number of nitrogens with zero attached hydrogens (tertiary/aromatic N) is 1. The lowest BCUT2D eigenvalue weighted by atomic mass is 10.1. The van der Waals surface area contributed by atoms with Gasteiger partial charge in [-0.25, -0.2) is 8.42 Å². The minimum absolute atomic E-state index is 0.0809. The zero-order valence-electron chi connectivity index (χ0n) is 12.9. The van der Waals surface area contributed by atoms with Gasteiger partial charge in [0, 0.05) is 16.7 Å². The van der Waals surface area contributed by atoms with Gasteiger partial charge >= 0.3 is 0 Å². The first kappa shape index (κ1) is 18.0. The van der Waals surface area contributed by atoms with Crippen LogP contribution in [0, 0.1) is 5.92 Å². The highest BCUT2D eigenvalue weighted by atomic mass is 35.7. The van der Waals surface area contributed by atoms with E-state index >= 15 is 0 Å². The number of aromatic amines is 1. The van der Waals surface area contributed by atoms with E-state index in [9.17, 15) is 13.2 Å². The van der Waals surface area contributed by atoms with Crippen LogP contribution in [0.2, 0.25) is 0 Å². The van der Waals surface area contributed by atoms with E-state index in [2.05, 4.69) is 15.5 Å². The second kappa shape index (κ2) is 6.79. The largest absolute Gasteiger partial charge is 0.348 e. The molecule has 1 rings (SSSR count). The molecule has 0 spiro atoms. The van der Waals surface area contributed by atoms with E-state index in [1.54, 1.807) is 13.8 Å². The minimum Gasteiger partial charge on any atom is -0.348 e. The van der Waals surface area contributed by atoms with E-state index in [-0.39, 0.29) is 22.5 Å². The Balaban J connectivity index is 3.11. The van der Waals surface area contributed by atoms with Gasteiger partial charge in [0.15, 0.2) is 5.69 Å². The van der Waals surface area contributed by atoms with Crippen molar-refractivity contribution in [3.05, 3.63) is 11.4 Å². The molecule has 1 atom stereocenters. The molecule has 8 heteroatoms. The molecular weight excluding hydrogens is 314 g/mol. The Morgan fingerprint density at radius 1 is 1.29 bits per heavy atom. The van der Waals surface area contributed by atoms with Crippen molar-refractivity contribution in [2.75, 3.05) is 0 Å². The number of aromatic nitrogens is 2. The Bertz CT molecular complexity index is 608. The SMILES string of the molecule is CC(C)CC(C)NC(=O)c1n[nH]c(C(C)C)c1S(=O)(=O)Cl. The third-order valence-electron chi connectivity index (χ3n) is 2.99. The third kappa shape index (κ3) is 4.71. The summed E-state index contributed by atoms with van der Waals surface area (Å²) in [5, 5.41) is 9.18. The first-order chi connectivity index (χ1) is 9.54. The molecule has 1 unspecified atom stereocenters. The molecule has 0 aromatic carbocycles. The Hall–Kier alpha value is -1.08. The normalized spacial score (nSPS) is 13.7. The number of hydrogen-bond acceptors (Lipinski definition) is 4. The summed E-state index contributed by atoms with van der Waals surface area (Å²) in [5.74, 6) is -0.261.